The highest BCUT2D eigenvalue weighted by Gasteiger charge is 2.41. The fourth-order valence-electron chi connectivity index (χ4n) is 3.35. The van der Waals surface area contributed by atoms with Crippen LogP contribution in [0.2, 0.25) is 0 Å². The van der Waals surface area contributed by atoms with Crippen molar-refractivity contribution in [2.24, 2.45) is 0 Å². The average Bonchev–Trinajstić information content (AvgIpc) is 3.21. The van der Waals surface area contributed by atoms with Crippen molar-refractivity contribution in [3.05, 3.63) is 62.9 Å². The van der Waals surface area contributed by atoms with Gasteiger partial charge in [0, 0.05) is 12.6 Å². The quantitative estimate of drug-likeness (QED) is 0.221. The molecule has 1 aliphatic heterocycles. The summed E-state index contributed by atoms with van der Waals surface area (Å²) in [5.41, 5.74) is -4.46. The summed E-state index contributed by atoms with van der Waals surface area (Å²) in [4.78, 5) is 37.3. The Balaban J connectivity index is 1.76. The first-order valence-electron chi connectivity index (χ1n) is 11.0. The van der Waals surface area contributed by atoms with E-state index < -0.39 is 67.8 Å². The summed E-state index contributed by atoms with van der Waals surface area (Å²) in [7, 11) is -4.36. The first-order chi connectivity index (χ1) is 17.8. The van der Waals surface area contributed by atoms with Crippen molar-refractivity contribution >= 4 is 13.7 Å². The number of nitrogens with one attached hydrogen (secondary N) is 2. The maximum absolute atomic E-state index is 13.5. The van der Waals surface area contributed by atoms with Gasteiger partial charge in [0.25, 0.3) is 5.56 Å². The van der Waals surface area contributed by atoms with E-state index in [4.69, 9.17) is 24.9 Å². The largest absolute Gasteiger partial charge is 0.459 e. The molecule has 0 radical (unpaired) electrons. The van der Waals surface area contributed by atoms with Gasteiger partial charge >= 0.3 is 25.6 Å². The zero-order valence-electron chi connectivity index (χ0n) is 19.7. The van der Waals surface area contributed by atoms with Crippen molar-refractivity contribution in [1.82, 2.24) is 14.6 Å². The lowest BCUT2D eigenvalue weighted by molar-refractivity contribution is -0.144. The molecule has 1 saturated heterocycles. The SMILES string of the molecule is C#CCOC(=O)[C@H](C)N[P@](=O)(OC[C@@H]1O[C@H](n2cc(C(F)(F)F)c(=O)[nH]c2=O)C[C@H]1O)Oc1ccccc1. The summed E-state index contributed by atoms with van der Waals surface area (Å²) in [6.07, 6.45) is -4.14. The van der Waals surface area contributed by atoms with Crippen LogP contribution in [-0.4, -0.2) is 52.1 Å². The highest BCUT2D eigenvalue weighted by Crippen LogP contribution is 2.46. The normalized spacial score (nSPS) is 21.7. The Labute approximate surface area is 213 Å². The molecule has 16 heteroatoms. The lowest BCUT2D eigenvalue weighted by atomic mass is 10.2. The van der Waals surface area contributed by atoms with Gasteiger partial charge in [-0.1, -0.05) is 24.1 Å². The molecule has 0 amide bonds. The number of H-pyrrole nitrogens is 1. The van der Waals surface area contributed by atoms with E-state index in [1.807, 2.05) is 0 Å². The van der Waals surface area contributed by atoms with Crippen molar-refractivity contribution in [3.8, 4) is 18.1 Å². The summed E-state index contributed by atoms with van der Waals surface area (Å²) in [6, 6.07) is 6.51. The number of ether oxygens (including phenoxy) is 2. The molecule has 1 aromatic carbocycles. The van der Waals surface area contributed by atoms with Crippen LogP contribution in [-0.2, 0) is 29.5 Å². The molecule has 0 aliphatic carbocycles. The average molecular weight is 561 g/mol. The number of hydrogen-bond acceptors (Lipinski definition) is 9. The van der Waals surface area contributed by atoms with Crippen LogP contribution in [0.4, 0.5) is 13.2 Å². The number of para-hydroxylation sites is 1. The number of carbonyl (C=O) groups is 1. The lowest BCUT2D eigenvalue weighted by Crippen LogP contribution is -2.37. The minimum Gasteiger partial charge on any atom is -0.451 e. The molecule has 0 unspecified atom stereocenters. The number of terminal acetylenes is 1. The molecule has 12 nitrogen and oxygen atoms in total. The Hall–Kier alpha value is -3.41. The maximum atomic E-state index is 13.5. The van der Waals surface area contributed by atoms with Crippen LogP contribution < -0.4 is 20.9 Å². The standard InChI is InChI=1S/C22H23F3N3O9P/c1-3-9-34-20(31)13(2)27-38(33,37-14-7-5-4-6-8-14)35-12-17-16(29)10-18(36-17)28-11-15(22(23,24)25)19(30)26-21(28)32/h1,4-8,11,13,16-18,29H,9-10,12H2,2H3,(H,27,33)(H,26,30,32)/t13-,16+,17-,18-,38-/m0/s1. The molecule has 5 atom stereocenters. The second-order valence-electron chi connectivity index (χ2n) is 8.00. The summed E-state index contributed by atoms with van der Waals surface area (Å²) < 4.78 is 74.4. The zero-order chi connectivity index (χ0) is 28.1. The zero-order valence-corrected chi connectivity index (χ0v) is 20.6. The fraction of sp³-hybridized carbons (Fsp3) is 0.409. The topological polar surface area (TPSA) is 158 Å². The van der Waals surface area contributed by atoms with Crippen LogP contribution in [0.25, 0.3) is 0 Å². The molecule has 2 aromatic rings. The Morgan fingerprint density at radius 3 is 2.68 bits per heavy atom. The molecule has 1 fully saturated rings. The van der Waals surface area contributed by atoms with Gasteiger partial charge in [-0.05, 0) is 19.1 Å². The molecule has 38 heavy (non-hydrogen) atoms. The first-order valence-corrected chi connectivity index (χ1v) is 12.5. The van der Waals surface area contributed by atoms with Crippen LogP contribution in [0, 0.1) is 12.3 Å². The third kappa shape index (κ3) is 7.33. The van der Waals surface area contributed by atoms with Crippen LogP contribution in [0.3, 0.4) is 0 Å². The molecule has 206 valence electrons. The van der Waals surface area contributed by atoms with Crippen LogP contribution in [0.1, 0.15) is 25.1 Å². The molecule has 1 aliphatic rings. The molecular formula is C22H23F3N3O9P. The van der Waals surface area contributed by atoms with Crippen LogP contribution >= 0.6 is 7.75 Å². The Kier molecular flexibility index (Phi) is 9.18. The number of alkyl halides is 3. The fourth-order valence-corrected chi connectivity index (χ4v) is 4.85. The molecule has 0 spiro atoms. The minimum atomic E-state index is -5.05. The minimum absolute atomic E-state index is 0.0952. The van der Waals surface area contributed by atoms with Crippen molar-refractivity contribution in [1.29, 1.82) is 0 Å². The highest BCUT2D eigenvalue weighted by atomic mass is 31.2. The number of halogens is 3. The number of carbonyl (C=O) groups excluding carboxylic acids is 1. The van der Waals surface area contributed by atoms with E-state index in [1.165, 1.54) is 19.1 Å². The number of esters is 1. The number of rotatable bonds is 10. The number of aromatic amines is 1. The third-order valence-corrected chi connectivity index (χ3v) is 6.81. The smallest absolute Gasteiger partial charge is 0.451 e. The highest BCUT2D eigenvalue weighted by molar-refractivity contribution is 7.52. The number of hydrogen-bond donors (Lipinski definition) is 3. The number of aromatic nitrogens is 2. The van der Waals surface area contributed by atoms with Gasteiger partial charge in [-0.3, -0.25) is 23.7 Å². The van der Waals surface area contributed by atoms with Crippen molar-refractivity contribution < 1.29 is 46.2 Å². The Bertz CT molecular complexity index is 1340. The summed E-state index contributed by atoms with van der Waals surface area (Å²) in [5.74, 6) is 1.34. The van der Waals surface area contributed by atoms with E-state index in [0.29, 0.717) is 4.57 Å². The van der Waals surface area contributed by atoms with E-state index in [0.717, 1.165) is 0 Å². The van der Waals surface area contributed by atoms with E-state index in [9.17, 15) is 37.2 Å². The number of benzene rings is 1. The van der Waals surface area contributed by atoms with Gasteiger partial charge < -0.3 is 19.1 Å². The third-order valence-electron chi connectivity index (χ3n) is 5.17. The van der Waals surface area contributed by atoms with Crippen LogP contribution in [0.15, 0.2) is 46.1 Å². The number of aliphatic hydroxyl groups excluding tert-OH is 1. The van der Waals surface area contributed by atoms with E-state index in [-0.39, 0.29) is 25.0 Å². The molecule has 3 rings (SSSR count). The molecule has 1 aromatic heterocycles. The predicted molar refractivity (Wildman–Crippen MR) is 124 cm³/mol. The monoisotopic (exact) mass is 561 g/mol. The van der Waals surface area contributed by atoms with Crippen molar-refractivity contribution in [2.75, 3.05) is 13.2 Å². The van der Waals surface area contributed by atoms with E-state index in [1.54, 1.807) is 23.2 Å². The van der Waals surface area contributed by atoms with Crippen molar-refractivity contribution in [3.63, 3.8) is 0 Å². The summed E-state index contributed by atoms with van der Waals surface area (Å²) in [5, 5.41) is 12.8. The van der Waals surface area contributed by atoms with Gasteiger partial charge in [-0.2, -0.15) is 18.3 Å². The van der Waals surface area contributed by atoms with Gasteiger partial charge in [-0.15, -0.1) is 6.42 Å². The molecule has 3 N–H and O–H groups in total. The predicted octanol–water partition coefficient (Wildman–Crippen LogP) is 1.56. The van der Waals surface area contributed by atoms with Gasteiger partial charge in [0.1, 0.15) is 29.7 Å². The summed E-state index contributed by atoms with van der Waals surface area (Å²) >= 11 is 0. The summed E-state index contributed by atoms with van der Waals surface area (Å²) in [6.45, 7) is 0.339. The first kappa shape index (κ1) is 29.2. The van der Waals surface area contributed by atoms with Crippen LogP contribution in [0.5, 0.6) is 5.75 Å². The second kappa shape index (κ2) is 12.0. The molecule has 0 bridgehead atoms. The van der Waals surface area contributed by atoms with Gasteiger partial charge in [0.15, 0.2) is 6.61 Å². The maximum Gasteiger partial charge on any atom is 0.459 e. The van der Waals surface area contributed by atoms with Gasteiger partial charge in [0.2, 0.25) is 0 Å². The lowest BCUT2D eigenvalue weighted by Gasteiger charge is -2.24. The Morgan fingerprint density at radius 1 is 1.37 bits per heavy atom. The number of aliphatic hydroxyl groups is 1. The van der Waals surface area contributed by atoms with Gasteiger partial charge in [0.05, 0.1) is 12.7 Å². The molecule has 2 heterocycles. The van der Waals surface area contributed by atoms with Gasteiger partial charge in [-0.25, -0.2) is 9.36 Å². The number of nitrogens with zero attached hydrogens (tertiary/aromatic N) is 1. The molecular weight excluding hydrogens is 538 g/mol. The van der Waals surface area contributed by atoms with Crippen molar-refractivity contribution in [2.45, 2.75) is 44.0 Å². The second-order valence-corrected chi connectivity index (χ2v) is 9.69. The van der Waals surface area contributed by atoms with E-state index in [2.05, 4.69) is 11.0 Å². The Morgan fingerprint density at radius 2 is 2.05 bits per heavy atom. The van der Waals surface area contributed by atoms with E-state index >= 15 is 0 Å². The molecule has 0 saturated carbocycles.